The van der Waals surface area contributed by atoms with Crippen molar-refractivity contribution in [2.24, 2.45) is 0 Å². The molecule has 2 atom stereocenters. The summed E-state index contributed by atoms with van der Waals surface area (Å²) in [6.45, 7) is -0.445. The van der Waals surface area contributed by atoms with Gasteiger partial charge in [-0.25, -0.2) is 8.42 Å². The van der Waals surface area contributed by atoms with Crippen LogP contribution in [0, 0.1) is 0 Å². The minimum absolute atomic E-state index is 0.0387. The van der Waals surface area contributed by atoms with E-state index in [1.165, 1.54) is 7.11 Å². The molecule has 8 nitrogen and oxygen atoms in total. The van der Waals surface area contributed by atoms with Crippen molar-refractivity contribution in [3.63, 3.8) is 0 Å². The summed E-state index contributed by atoms with van der Waals surface area (Å²) in [6.07, 6.45) is 2.52. The maximum Gasteiger partial charge on any atom is 0.324 e. The van der Waals surface area contributed by atoms with E-state index in [-0.39, 0.29) is 11.9 Å². The van der Waals surface area contributed by atoms with Gasteiger partial charge in [-0.15, -0.1) is 0 Å². The molecule has 0 bridgehead atoms. The molecule has 1 amide bonds. The lowest BCUT2D eigenvalue weighted by molar-refractivity contribution is -0.153. The fourth-order valence-corrected chi connectivity index (χ4v) is 4.25. The maximum atomic E-state index is 12.6. The number of benzene rings is 1. The Kier molecular flexibility index (Phi) is 4.46. The summed E-state index contributed by atoms with van der Waals surface area (Å²) in [4.78, 5) is 26.1. The van der Waals surface area contributed by atoms with Crippen LogP contribution in [0.15, 0.2) is 24.3 Å². The zero-order valence-corrected chi connectivity index (χ0v) is 14.8. The molecule has 25 heavy (non-hydrogen) atoms. The van der Waals surface area contributed by atoms with Gasteiger partial charge >= 0.3 is 5.97 Å². The highest BCUT2D eigenvalue weighted by Crippen LogP contribution is 2.41. The molecule has 136 valence electrons. The van der Waals surface area contributed by atoms with E-state index in [0.29, 0.717) is 11.3 Å². The van der Waals surface area contributed by atoms with Crippen LogP contribution in [0.5, 0.6) is 5.75 Å². The smallest absolute Gasteiger partial charge is 0.324 e. The topological polar surface area (TPSA) is 104 Å². The van der Waals surface area contributed by atoms with E-state index in [0.717, 1.165) is 23.4 Å². The number of rotatable bonds is 5. The summed E-state index contributed by atoms with van der Waals surface area (Å²) in [5, 5.41) is 9.74. The highest BCUT2D eigenvalue weighted by molar-refractivity contribution is 7.88. The Morgan fingerprint density at radius 3 is 2.28 bits per heavy atom. The molecule has 2 aliphatic rings. The third-order valence-electron chi connectivity index (χ3n) is 4.56. The Morgan fingerprint density at radius 1 is 1.24 bits per heavy atom. The first-order valence-corrected chi connectivity index (χ1v) is 9.73. The molecule has 1 saturated heterocycles. The molecule has 2 fully saturated rings. The molecule has 3 rings (SSSR count). The predicted molar refractivity (Wildman–Crippen MR) is 88.6 cm³/mol. The second kappa shape index (κ2) is 6.30. The van der Waals surface area contributed by atoms with Crippen LogP contribution in [0.4, 0.5) is 0 Å². The molecular formula is C16H20N2O6S. The minimum Gasteiger partial charge on any atom is -0.497 e. The molecule has 1 aliphatic heterocycles. The standard InChI is InChI=1S/C16H20N2O6S/c1-24-12-7-3-10(4-8-12)14-15(16(20)21)17(25(2,22)23)9-13(19)18(14)11-5-6-11/h3-4,7-8,11,14-15H,5-6,9H2,1-2H3,(H,20,21)/t14-,15+/m1/s1. The SMILES string of the molecule is COc1ccc([C@@H]2[C@@H](C(=O)O)N(S(C)(=O)=O)CC(=O)N2C2CC2)cc1. The lowest BCUT2D eigenvalue weighted by Gasteiger charge is -2.44. The Labute approximate surface area is 146 Å². The first-order chi connectivity index (χ1) is 11.7. The molecule has 9 heteroatoms. The maximum absolute atomic E-state index is 12.6. The van der Waals surface area contributed by atoms with Gasteiger partial charge in [-0.2, -0.15) is 4.31 Å². The summed E-state index contributed by atoms with van der Waals surface area (Å²) in [7, 11) is -2.34. The Morgan fingerprint density at radius 2 is 1.84 bits per heavy atom. The Hall–Kier alpha value is -2.13. The van der Waals surface area contributed by atoms with Crippen molar-refractivity contribution in [2.75, 3.05) is 19.9 Å². The van der Waals surface area contributed by atoms with Gasteiger partial charge in [0.1, 0.15) is 11.8 Å². The Balaban J connectivity index is 2.10. The van der Waals surface area contributed by atoms with Crippen LogP contribution < -0.4 is 4.74 Å². The third-order valence-corrected chi connectivity index (χ3v) is 5.77. The fourth-order valence-electron chi connectivity index (χ4n) is 3.29. The Bertz CT molecular complexity index is 787. The number of amides is 1. The van der Waals surface area contributed by atoms with E-state index in [4.69, 9.17) is 4.74 Å². The molecule has 0 radical (unpaired) electrons. The number of ether oxygens (including phenoxy) is 1. The van der Waals surface area contributed by atoms with Crippen molar-refractivity contribution in [3.05, 3.63) is 29.8 Å². The zero-order valence-electron chi connectivity index (χ0n) is 14.0. The van der Waals surface area contributed by atoms with Gasteiger partial charge in [0.05, 0.1) is 26.0 Å². The van der Waals surface area contributed by atoms with Crippen molar-refractivity contribution in [3.8, 4) is 5.75 Å². The van der Waals surface area contributed by atoms with Crippen LogP contribution in [0.3, 0.4) is 0 Å². The van der Waals surface area contributed by atoms with Crippen LogP contribution in [-0.4, -0.2) is 66.6 Å². The van der Waals surface area contributed by atoms with E-state index < -0.39 is 34.6 Å². The lowest BCUT2D eigenvalue weighted by Crippen LogP contribution is -2.62. The molecule has 1 heterocycles. The fraction of sp³-hybridized carbons (Fsp3) is 0.500. The second-order valence-electron chi connectivity index (χ2n) is 6.34. The first-order valence-electron chi connectivity index (χ1n) is 7.88. The van der Waals surface area contributed by atoms with E-state index in [1.54, 1.807) is 29.2 Å². The van der Waals surface area contributed by atoms with Gasteiger partial charge in [0.25, 0.3) is 0 Å². The summed E-state index contributed by atoms with van der Waals surface area (Å²) < 4.78 is 30.1. The number of sulfonamides is 1. The highest BCUT2D eigenvalue weighted by Gasteiger charge is 2.52. The number of nitrogens with zero attached hydrogens (tertiary/aromatic N) is 2. The van der Waals surface area contributed by atoms with E-state index in [2.05, 4.69) is 0 Å². The van der Waals surface area contributed by atoms with Gasteiger partial charge in [0.15, 0.2) is 0 Å². The summed E-state index contributed by atoms with van der Waals surface area (Å²) in [5.74, 6) is -1.05. The van der Waals surface area contributed by atoms with Crippen LogP contribution in [0.1, 0.15) is 24.4 Å². The van der Waals surface area contributed by atoms with Crippen molar-refractivity contribution in [1.29, 1.82) is 0 Å². The van der Waals surface area contributed by atoms with Crippen LogP contribution in [-0.2, 0) is 19.6 Å². The van der Waals surface area contributed by atoms with E-state index in [9.17, 15) is 23.1 Å². The molecule has 1 aromatic rings. The van der Waals surface area contributed by atoms with Crippen molar-refractivity contribution < 1.29 is 27.9 Å². The number of piperazine rings is 1. The first kappa shape index (κ1) is 17.7. The summed E-state index contributed by atoms with van der Waals surface area (Å²) >= 11 is 0. The van der Waals surface area contributed by atoms with Crippen molar-refractivity contribution in [1.82, 2.24) is 9.21 Å². The average Bonchev–Trinajstić information content (AvgIpc) is 3.37. The molecule has 1 aromatic carbocycles. The second-order valence-corrected chi connectivity index (χ2v) is 8.28. The van der Waals surface area contributed by atoms with E-state index >= 15 is 0 Å². The molecule has 1 N–H and O–H groups in total. The number of methoxy groups -OCH3 is 1. The quantitative estimate of drug-likeness (QED) is 0.809. The van der Waals surface area contributed by atoms with Crippen molar-refractivity contribution in [2.45, 2.75) is 31.0 Å². The monoisotopic (exact) mass is 368 g/mol. The van der Waals surface area contributed by atoms with Gasteiger partial charge in [-0.05, 0) is 30.5 Å². The molecule has 0 aromatic heterocycles. The van der Waals surface area contributed by atoms with Gasteiger partial charge in [0, 0.05) is 6.04 Å². The predicted octanol–water partition coefficient (Wildman–Crippen LogP) is 0.456. The number of carbonyl (C=O) groups is 2. The number of hydrogen-bond donors (Lipinski definition) is 1. The number of hydrogen-bond acceptors (Lipinski definition) is 5. The molecular weight excluding hydrogens is 348 g/mol. The zero-order chi connectivity index (χ0) is 18.4. The third kappa shape index (κ3) is 3.34. The van der Waals surface area contributed by atoms with Gasteiger partial charge in [0.2, 0.25) is 15.9 Å². The number of carboxylic acid groups (broad SMARTS) is 1. The largest absolute Gasteiger partial charge is 0.497 e. The molecule has 0 spiro atoms. The summed E-state index contributed by atoms with van der Waals surface area (Å²) in [5.41, 5.74) is 0.571. The van der Waals surface area contributed by atoms with Crippen LogP contribution in [0.2, 0.25) is 0 Å². The molecule has 0 unspecified atom stereocenters. The molecule has 1 saturated carbocycles. The number of aliphatic carboxylic acids is 1. The normalized spacial score (nSPS) is 25.0. The van der Waals surface area contributed by atoms with Crippen LogP contribution in [0.25, 0.3) is 0 Å². The highest BCUT2D eigenvalue weighted by atomic mass is 32.2. The average molecular weight is 368 g/mol. The number of carbonyl (C=O) groups excluding carboxylic acids is 1. The minimum atomic E-state index is -3.86. The van der Waals surface area contributed by atoms with E-state index in [1.807, 2.05) is 0 Å². The molecule has 1 aliphatic carbocycles. The van der Waals surface area contributed by atoms with Crippen LogP contribution >= 0.6 is 0 Å². The van der Waals surface area contributed by atoms with Gasteiger partial charge in [-0.1, -0.05) is 12.1 Å². The number of carboxylic acids is 1. The lowest BCUT2D eigenvalue weighted by atomic mass is 9.94. The summed E-state index contributed by atoms with van der Waals surface area (Å²) in [6, 6.07) is 4.42. The van der Waals surface area contributed by atoms with Gasteiger partial charge in [-0.3, -0.25) is 9.59 Å². The van der Waals surface area contributed by atoms with Crippen molar-refractivity contribution >= 4 is 21.9 Å². The van der Waals surface area contributed by atoms with Gasteiger partial charge < -0.3 is 14.7 Å².